The van der Waals surface area contributed by atoms with Gasteiger partial charge in [0.1, 0.15) is 28.3 Å². The van der Waals surface area contributed by atoms with Gasteiger partial charge in [0.25, 0.3) is 5.69 Å². The zero-order valence-electron chi connectivity index (χ0n) is 12.6. The predicted octanol–water partition coefficient (Wildman–Crippen LogP) is 2.87. The molecule has 0 radical (unpaired) electrons. The SMILES string of the molecule is CCOC(=O)c1sc(N)c(C#N)c1COc1ccc([N+](=O)[O-])cc1. The van der Waals surface area contributed by atoms with Gasteiger partial charge in [-0.3, -0.25) is 10.1 Å². The van der Waals surface area contributed by atoms with Crippen LogP contribution in [-0.4, -0.2) is 17.5 Å². The molecule has 2 N–H and O–H groups in total. The van der Waals surface area contributed by atoms with Gasteiger partial charge in [0, 0.05) is 17.7 Å². The van der Waals surface area contributed by atoms with Crippen LogP contribution in [0.25, 0.3) is 0 Å². The smallest absolute Gasteiger partial charge is 0.348 e. The molecule has 0 amide bonds. The molecule has 0 aliphatic heterocycles. The van der Waals surface area contributed by atoms with E-state index in [1.54, 1.807) is 6.92 Å². The van der Waals surface area contributed by atoms with Crippen molar-refractivity contribution in [1.29, 1.82) is 5.26 Å². The molecule has 2 aromatic rings. The minimum Gasteiger partial charge on any atom is -0.489 e. The van der Waals surface area contributed by atoms with Crippen LogP contribution < -0.4 is 10.5 Å². The van der Waals surface area contributed by atoms with E-state index in [1.165, 1.54) is 24.3 Å². The van der Waals surface area contributed by atoms with Crippen molar-refractivity contribution in [2.45, 2.75) is 13.5 Å². The standard InChI is InChI=1S/C15H13N3O5S/c1-2-22-15(19)13-12(11(7-16)14(17)24-13)8-23-10-5-3-9(4-6-10)18(20)21/h3-6H,2,8,17H2,1H3. The van der Waals surface area contributed by atoms with Crippen LogP contribution in [0.4, 0.5) is 10.7 Å². The second-order valence-electron chi connectivity index (χ2n) is 4.52. The first-order valence-corrected chi connectivity index (χ1v) is 7.65. The van der Waals surface area contributed by atoms with Crippen LogP contribution in [0.3, 0.4) is 0 Å². The van der Waals surface area contributed by atoms with Crippen molar-refractivity contribution in [3.05, 3.63) is 50.4 Å². The number of nitrogens with two attached hydrogens (primary N) is 1. The van der Waals surface area contributed by atoms with Gasteiger partial charge in [-0.15, -0.1) is 11.3 Å². The lowest BCUT2D eigenvalue weighted by Gasteiger charge is -2.07. The van der Waals surface area contributed by atoms with Crippen LogP contribution in [0, 0.1) is 21.4 Å². The lowest BCUT2D eigenvalue weighted by Crippen LogP contribution is -2.08. The number of nitriles is 1. The molecular formula is C15H13N3O5S. The van der Waals surface area contributed by atoms with Crippen LogP contribution in [0.15, 0.2) is 24.3 Å². The molecule has 0 aliphatic rings. The third kappa shape index (κ3) is 3.61. The molecule has 0 atom stereocenters. The average molecular weight is 347 g/mol. The highest BCUT2D eigenvalue weighted by molar-refractivity contribution is 7.18. The Hall–Kier alpha value is -3.12. The van der Waals surface area contributed by atoms with Crippen LogP contribution >= 0.6 is 11.3 Å². The zero-order valence-corrected chi connectivity index (χ0v) is 13.5. The molecule has 0 saturated carbocycles. The lowest BCUT2D eigenvalue weighted by atomic mass is 10.1. The van der Waals surface area contributed by atoms with Crippen LogP contribution in [0.5, 0.6) is 5.75 Å². The molecule has 1 aromatic carbocycles. The summed E-state index contributed by atoms with van der Waals surface area (Å²) in [6, 6.07) is 7.42. The second-order valence-corrected chi connectivity index (χ2v) is 5.57. The fraction of sp³-hybridized carbons (Fsp3) is 0.200. The van der Waals surface area contributed by atoms with Crippen molar-refractivity contribution in [2.24, 2.45) is 0 Å². The van der Waals surface area contributed by atoms with Gasteiger partial charge in [0.2, 0.25) is 0 Å². The van der Waals surface area contributed by atoms with Gasteiger partial charge in [-0.05, 0) is 19.1 Å². The molecule has 0 saturated heterocycles. The summed E-state index contributed by atoms with van der Waals surface area (Å²) in [6.45, 7) is 1.79. The van der Waals surface area contributed by atoms with Gasteiger partial charge in [-0.1, -0.05) is 0 Å². The number of anilines is 1. The molecule has 0 unspecified atom stereocenters. The Kier molecular flexibility index (Phi) is 5.34. The number of carbonyl (C=O) groups excluding carboxylic acids is 1. The Bertz CT molecular complexity index is 808. The van der Waals surface area contributed by atoms with Crippen molar-refractivity contribution in [1.82, 2.24) is 0 Å². The number of rotatable bonds is 6. The topological polar surface area (TPSA) is 128 Å². The number of nitro benzene ring substituents is 1. The van der Waals surface area contributed by atoms with Crippen molar-refractivity contribution in [2.75, 3.05) is 12.3 Å². The van der Waals surface area contributed by atoms with Crippen molar-refractivity contribution >= 4 is 28.0 Å². The molecule has 0 bridgehead atoms. The molecule has 8 nitrogen and oxygen atoms in total. The fourth-order valence-corrected chi connectivity index (χ4v) is 2.84. The molecule has 0 fully saturated rings. The van der Waals surface area contributed by atoms with Crippen molar-refractivity contribution in [3.8, 4) is 11.8 Å². The van der Waals surface area contributed by atoms with Crippen LogP contribution in [0.1, 0.15) is 27.7 Å². The molecule has 124 valence electrons. The highest BCUT2D eigenvalue weighted by atomic mass is 32.1. The fourth-order valence-electron chi connectivity index (χ4n) is 1.93. The number of ether oxygens (including phenoxy) is 2. The number of hydrogen-bond donors (Lipinski definition) is 1. The number of thiophene rings is 1. The summed E-state index contributed by atoms with van der Waals surface area (Å²) in [4.78, 5) is 22.3. The maximum absolute atomic E-state index is 12.0. The van der Waals surface area contributed by atoms with E-state index >= 15 is 0 Å². The van der Waals surface area contributed by atoms with E-state index in [-0.39, 0.29) is 34.3 Å². The summed E-state index contributed by atoms with van der Waals surface area (Å²) in [5.74, 6) is -0.206. The number of benzene rings is 1. The summed E-state index contributed by atoms with van der Waals surface area (Å²) in [7, 11) is 0. The van der Waals surface area contributed by atoms with E-state index in [9.17, 15) is 20.2 Å². The Morgan fingerprint density at radius 2 is 2.08 bits per heavy atom. The number of nitrogens with zero attached hydrogens (tertiary/aromatic N) is 2. The molecule has 1 aromatic heterocycles. The Morgan fingerprint density at radius 3 is 2.62 bits per heavy atom. The Balaban J connectivity index is 2.23. The van der Waals surface area contributed by atoms with Gasteiger partial charge < -0.3 is 15.2 Å². The Labute approximate surface area is 141 Å². The molecule has 0 aliphatic carbocycles. The maximum Gasteiger partial charge on any atom is 0.348 e. The Morgan fingerprint density at radius 1 is 1.42 bits per heavy atom. The van der Waals surface area contributed by atoms with E-state index in [0.717, 1.165) is 11.3 Å². The minimum absolute atomic E-state index is 0.0629. The number of nitro groups is 1. The number of carbonyl (C=O) groups is 1. The number of non-ortho nitro benzene ring substituents is 1. The first-order valence-electron chi connectivity index (χ1n) is 6.83. The third-order valence-electron chi connectivity index (χ3n) is 3.04. The number of hydrogen-bond acceptors (Lipinski definition) is 8. The predicted molar refractivity (Wildman–Crippen MR) is 86.8 cm³/mol. The monoisotopic (exact) mass is 347 g/mol. The molecule has 9 heteroatoms. The largest absolute Gasteiger partial charge is 0.489 e. The first-order chi connectivity index (χ1) is 11.5. The first kappa shape index (κ1) is 17.2. The highest BCUT2D eigenvalue weighted by Crippen LogP contribution is 2.32. The van der Waals surface area contributed by atoms with E-state index < -0.39 is 10.9 Å². The van der Waals surface area contributed by atoms with Gasteiger partial charge in [0.15, 0.2) is 0 Å². The highest BCUT2D eigenvalue weighted by Gasteiger charge is 2.23. The third-order valence-corrected chi connectivity index (χ3v) is 4.08. The van der Waals surface area contributed by atoms with Gasteiger partial charge in [0.05, 0.1) is 17.1 Å². The van der Waals surface area contributed by atoms with Gasteiger partial charge in [-0.2, -0.15) is 5.26 Å². The van der Waals surface area contributed by atoms with Crippen LogP contribution in [-0.2, 0) is 11.3 Å². The summed E-state index contributed by atoms with van der Waals surface area (Å²) >= 11 is 0.967. The number of nitrogen functional groups attached to an aromatic ring is 1. The quantitative estimate of drug-likeness (QED) is 0.483. The summed E-state index contributed by atoms with van der Waals surface area (Å²) in [5.41, 5.74) is 6.22. The maximum atomic E-state index is 12.0. The van der Waals surface area contributed by atoms with E-state index in [0.29, 0.717) is 11.3 Å². The number of esters is 1. The second kappa shape index (κ2) is 7.43. The van der Waals surface area contributed by atoms with Gasteiger partial charge in [-0.25, -0.2) is 4.79 Å². The van der Waals surface area contributed by atoms with Crippen LogP contribution in [0.2, 0.25) is 0 Å². The normalized spacial score (nSPS) is 10.0. The summed E-state index contributed by atoms with van der Waals surface area (Å²) in [5, 5.41) is 20.0. The molecule has 0 spiro atoms. The van der Waals surface area contributed by atoms with E-state index in [1.807, 2.05) is 6.07 Å². The van der Waals surface area contributed by atoms with Gasteiger partial charge >= 0.3 is 5.97 Å². The van der Waals surface area contributed by atoms with Crippen molar-refractivity contribution in [3.63, 3.8) is 0 Å². The average Bonchev–Trinajstić information content (AvgIpc) is 2.89. The summed E-state index contributed by atoms with van der Waals surface area (Å²) < 4.78 is 10.5. The minimum atomic E-state index is -0.571. The molecular weight excluding hydrogens is 334 g/mol. The van der Waals surface area contributed by atoms with Crippen molar-refractivity contribution < 1.29 is 19.2 Å². The molecule has 24 heavy (non-hydrogen) atoms. The molecule has 1 heterocycles. The van der Waals surface area contributed by atoms with E-state index in [2.05, 4.69) is 0 Å². The zero-order chi connectivity index (χ0) is 17.7. The molecule has 2 rings (SSSR count). The van der Waals surface area contributed by atoms with E-state index in [4.69, 9.17) is 15.2 Å². The summed E-state index contributed by atoms with van der Waals surface area (Å²) in [6.07, 6.45) is 0. The lowest BCUT2D eigenvalue weighted by molar-refractivity contribution is -0.384.